The number of amides is 1. The molecular formula is C14H11F3N4O4. The SMILES string of the molecule is O=C(NNc1ccccc1[N+](=O)[O-])c1ccc(OCC(F)(F)F)nc1. The molecule has 0 radical (unpaired) electrons. The highest BCUT2D eigenvalue weighted by Crippen LogP contribution is 2.22. The number of nitro groups is 1. The number of alkyl halides is 3. The zero-order chi connectivity index (χ0) is 18.4. The van der Waals surface area contributed by atoms with Gasteiger partial charge in [0.05, 0.1) is 10.5 Å². The summed E-state index contributed by atoms with van der Waals surface area (Å²) in [4.78, 5) is 25.7. The molecule has 1 amide bonds. The summed E-state index contributed by atoms with van der Waals surface area (Å²) >= 11 is 0. The van der Waals surface area contributed by atoms with Crippen molar-refractivity contribution in [1.29, 1.82) is 0 Å². The van der Waals surface area contributed by atoms with Gasteiger partial charge in [-0.05, 0) is 12.1 Å². The van der Waals surface area contributed by atoms with Crippen LogP contribution in [0.4, 0.5) is 24.5 Å². The highest BCUT2D eigenvalue weighted by atomic mass is 19.4. The number of hydrazine groups is 1. The van der Waals surface area contributed by atoms with Gasteiger partial charge in [-0.25, -0.2) is 4.98 Å². The molecule has 1 aromatic heterocycles. The molecule has 1 aromatic carbocycles. The number of carbonyl (C=O) groups is 1. The number of pyridine rings is 1. The van der Waals surface area contributed by atoms with Crippen molar-refractivity contribution >= 4 is 17.3 Å². The van der Waals surface area contributed by atoms with E-state index in [4.69, 9.17) is 0 Å². The molecule has 8 nitrogen and oxygen atoms in total. The molecule has 0 bridgehead atoms. The van der Waals surface area contributed by atoms with E-state index in [1.165, 1.54) is 30.3 Å². The van der Waals surface area contributed by atoms with Crippen molar-refractivity contribution < 1.29 is 27.6 Å². The molecule has 0 aliphatic rings. The van der Waals surface area contributed by atoms with Gasteiger partial charge in [-0.1, -0.05) is 12.1 Å². The van der Waals surface area contributed by atoms with Gasteiger partial charge < -0.3 is 4.74 Å². The van der Waals surface area contributed by atoms with E-state index in [1.807, 2.05) is 0 Å². The van der Waals surface area contributed by atoms with Crippen molar-refractivity contribution in [3.05, 3.63) is 58.3 Å². The Morgan fingerprint density at radius 2 is 1.96 bits per heavy atom. The second-order valence-electron chi connectivity index (χ2n) is 4.64. The van der Waals surface area contributed by atoms with Crippen LogP contribution in [0, 0.1) is 10.1 Å². The summed E-state index contributed by atoms with van der Waals surface area (Å²) in [5.74, 6) is -0.978. The monoisotopic (exact) mass is 356 g/mol. The standard InChI is InChI=1S/C14H11F3N4O4/c15-14(16,17)8-25-12-6-5-9(7-18-12)13(22)20-19-10-3-1-2-4-11(10)21(23)24/h1-7,19H,8H2,(H,20,22). The number of carbonyl (C=O) groups excluding carboxylic acids is 1. The fraction of sp³-hybridized carbons (Fsp3) is 0.143. The topological polar surface area (TPSA) is 106 Å². The third-order valence-electron chi connectivity index (χ3n) is 2.79. The predicted octanol–water partition coefficient (Wildman–Crippen LogP) is 2.69. The number of para-hydroxylation sites is 2. The first-order chi connectivity index (χ1) is 11.8. The minimum absolute atomic E-state index is 0.0189. The van der Waals surface area contributed by atoms with E-state index < -0.39 is 23.6 Å². The maximum absolute atomic E-state index is 12.0. The Morgan fingerprint density at radius 3 is 2.56 bits per heavy atom. The lowest BCUT2D eigenvalue weighted by molar-refractivity contribution is -0.384. The van der Waals surface area contributed by atoms with E-state index in [2.05, 4.69) is 20.6 Å². The van der Waals surface area contributed by atoms with Crippen LogP contribution in [-0.4, -0.2) is 28.6 Å². The van der Waals surface area contributed by atoms with E-state index in [0.29, 0.717) is 0 Å². The maximum atomic E-state index is 12.0. The molecular weight excluding hydrogens is 345 g/mol. The Balaban J connectivity index is 1.96. The molecule has 11 heteroatoms. The van der Waals surface area contributed by atoms with Gasteiger partial charge in [-0.3, -0.25) is 25.8 Å². The fourth-order valence-corrected chi connectivity index (χ4v) is 1.69. The number of hydrogen-bond donors (Lipinski definition) is 2. The van der Waals surface area contributed by atoms with E-state index in [9.17, 15) is 28.1 Å². The Hall–Kier alpha value is -3.37. The smallest absolute Gasteiger partial charge is 0.422 e. The molecule has 25 heavy (non-hydrogen) atoms. The lowest BCUT2D eigenvalue weighted by atomic mass is 10.2. The molecule has 0 saturated carbocycles. The second-order valence-corrected chi connectivity index (χ2v) is 4.64. The minimum atomic E-state index is -4.49. The molecule has 0 aliphatic heterocycles. The van der Waals surface area contributed by atoms with Crippen LogP contribution in [0.15, 0.2) is 42.6 Å². The van der Waals surface area contributed by atoms with Crippen LogP contribution in [0.25, 0.3) is 0 Å². The summed E-state index contributed by atoms with van der Waals surface area (Å²) in [6.45, 7) is -1.50. The molecule has 0 aliphatic carbocycles. The zero-order valence-electron chi connectivity index (χ0n) is 12.4. The first-order valence-electron chi connectivity index (χ1n) is 6.71. The zero-order valence-corrected chi connectivity index (χ0v) is 12.4. The molecule has 0 atom stereocenters. The van der Waals surface area contributed by atoms with Crippen LogP contribution in [0.1, 0.15) is 10.4 Å². The third-order valence-corrected chi connectivity index (χ3v) is 2.79. The van der Waals surface area contributed by atoms with Gasteiger partial charge in [0.15, 0.2) is 6.61 Å². The van der Waals surface area contributed by atoms with Gasteiger partial charge >= 0.3 is 6.18 Å². The van der Waals surface area contributed by atoms with Crippen LogP contribution >= 0.6 is 0 Å². The van der Waals surface area contributed by atoms with Gasteiger partial charge in [0.25, 0.3) is 11.6 Å². The molecule has 0 fully saturated rings. The Kier molecular flexibility index (Phi) is 5.37. The van der Waals surface area contributed by atoms with Crippen LogP contribution < -0.4 is 15.6 Å². The predicted molar refractivity (Wildman–Crippen MR) is 80.0 cm³/mol. The van der Waals surface area contributed by atoms with Crippen molar-refractivity contribution in [3.8, 4) is 5.88 Å². The number of nitrogens with zero attached hydrogens (tertiary/aromatic N) is 2. The molecule has 2 aromatic rings. The van der Waals surface area contributed by atoms with Crippen molar-refractivity contribution in [2.75, 3.05) is 12.0 Å². The number of aromatic nitrogens is 1. The van der Waals surface area contributed by atoms with Crippen LogP contribution in [0.3, 0.4) is 0 Å². The number of hydrogen-bond acceptors (Lipinski definition) is 6. The Morgan fingerprint density at radius 1 is 1.24 bits per heavy atom. The minimum Gasteiger partial charge on any atom is -0.468 e. The molecule has 1 heterocycles. The summed E-state index contributed by atoms with van der Waals surface area (Å²) in [5, 5.41) is 10.9. The van der Waals surface area contributed by atoms with Gasteiger partial charge in [0.1, 0.15) is 5.69 Å². The number of ether oxygens (including phenoxy) is 1. The lowest BCUT2D eigenvalue weighted by Gasteiger charge is -2.10. The average Bonchev–Trinajstić information content (AvgIpc) is 2.58. The number of benzene rings is 1. The van der Waals surface area contributed by atoms with E-state index in [0.717, 1.165) is 12.3 Å². The first kappa shape index (κ1) is 18.0. The number of halogens is 3. The Bertz CT molecular complexity index is 765. The quantitative estimate of drug-likeness (QED) is 0.609. The number of nitro benzene ring substituents is 1. The number of rotatable bonds is 6. The molecule has 2 rings (SSSR count). The van der Waals surface area contributed by atoms with Crippen molar-refractivity contribution in [2.45, 2.75) is 6.18 Å². The van der Waals surface area contributed by atoms with E-state index in [-0.39, 0.29) is 22.8 Å². The van der Waals surface area contributed by atoms with Gasteiger partial charge in [-0.15, -0.1) is 0 Å². The number of anilines is 1. The summed E-state index contributed by atoms with van der Waals surface area (Å²) in [6, 6.07) is 7.96. The highest BCUT2D eigenvalue weighted by Gasteiger charge is 2.28. The van der Waals surface area contributed by atoms with Crippen LogP contribution in [0.2, 0.25) is 0 Å². The van der Waals surface area contributed by atoms with Crippen molar-refractivity contribution in [3.63, 3.8) is 0 Å². The highest BCUT2D eigenvalue weighted by molar-refractivity contribution is 5.94. The molecule has 0 spiro atoms. The summed E-state index contributed by atoms with van der Waals surface area (Å²) in [6.07, 6.45) is -3.48. The summed E-state index contributed by atoms with van der Waals surface area (Å²) < 4.78 is 40.5. The first-order valence-corrected chi connectivity index (χ1v) is 6.71. The maximum Gasteiger partial charge on any atom is 0.422 e. The molecule has 2 N–H and O–H groups in total. The third kappa shape index (κ3) is 5.34. The van der Waals surface area contributed by atoms with Crippen molar-refractivity contribution in [1.82, 2.24) is 10.4 Å². The molecule has 0 saturated heterocycles. The largest absolute Gasteiger partial charge is 0.468 e. The van der Waals surface area contributed by atoms with Crippen LogP contribution in [-0.2, 0) is 0 Å². The molecule has 132 valence electrons. The van der Waals surface area contributed by atoms with Gasteiger partial charge in [-0.2, -0.15) is 13.2 Å². The lowest BCUT2D eigenvalue weighted by Crippen LogP contribution is -2.29. The van der Waals surface area contributed by atoms with E-state index in [1.54, 1.807) is 0 Å². The normalized spacial score (nSPS) is 10.8. The van der Waals surface area contributed by atoms with Crippen LogP contribution in [0.5, 0.6) is 5.88 Å². The second kappa shape index (κ2) is 7.47. The van der Waals surface area contributed by atoms with E-state index >= 15 is 0 Å². The average molecular weight is 356 g/mol. The summed E-state index contributed by atoms with van der Waals surface area (Å²) in [5.41, 5.74) is 4.48. The fourth-order valence-electron chi connectivity index (χ4n) is 1.69. The van der Waals surface area contributed by atoms with Crippen molar-refractivity contribution in [2.24, 2.45) is 0 Å². The summed E-state index contributed by atoms with van der Waals surface area (Å²) in [7, 11) is 0. The number of nitrogens with one attached hydrogen (secondary N) is 2. The Labute approximate surface area is 138 Å². The molecule has 0 unspecified atom stereocenters. The van der Waals surface area contributed by atoms with Gasteiger partial charge in [0, 0.05) is 18.3 Å². The van der Waals surface area contributed by atoms with Gasteiger partial charge in [0.2, 0.25) is 5.88 Å².